The Morgan fingerprint density at radius 3 is 2.59 bits per heavy atom. The van der Waals surface area contributed by atoms with Gasteiger partial charge in [-0.2, -0.15) is 0 Å². The van der Waals surface area contributed by atoms with E-state index in [2.05, 4.69) is 9.97 Å². The Hall–Kier alpha value is -1.95. The number of aromatic nitrogens is 2. The summed E-state index contributed by atoms with van der Waals surface area (Å²) in [5.41, 5.74) is 1.59. The molecule has 2 aromatic rings. The Balaban J connectivity index is 1.87. The molecule has 0 aliphatic heterocycles. The van der Waals surface area contributed by atoms with Gasteiger partial charge in [-0.05, 0) is 37.5 Å². The summed E-state index contributed by atoms with van der Waals surface area (Å²) >= 11 is 1.35. The molecule has 1 N–H and O–H groups in total. The number of halogens is 1. The van der Waals surface area contributed by atoms with E-state index < -0.39 is 5.97 Å². The van der Waals surface area contributed by atoms with Gasteiger partial charge in [0.05, 0.1) is 5.69 Å². The molecule has 0 radical (unpaired) electrons. The molecule has 1 aromatic carbocycles. The molecule has 1 heterocycles. The average molecular weight is 318 g/mol. The zero-order valence-electron chi connectivity index (χ0n) is 12.0. The molecular formula is C16H15FN2O2S. The number of aromatic carboxylic acids is 1. The van der Waals surface area contributed by atoms with Crippen LogP contribution in [0, 0.1) is 12.7 Å². The van der Waals surface area contributed by atoms with Crippen molar-refractivity contribution in [2.24, 2.45) is 0 Å². The molecule has 1 aliphatic carbocycles. The first-order valence-corrected chi connectivity index (χ1v) is 8.02. The van der Waals surface area contributed by atoms with Crippen molar-refractivity contribution in [2.75, 3.05) is 0 Å². The molecule has 0 saturated heterocycles. The molecule has 4 nitrogen and oxygen atoms in total. The van der Waals surface area contributed by atoms with Gasteiger partial charge in [0, 0.05) is 11.7 Å². The molecule has 6 heteroatoms. The summed E-state index contributed by atoms with van der Waals surface area (Å²) in [6, 6.07) is 6.18. The van der Waals surface area contributed by atoms with Crippen molar-refractivity contribution < 1.29 is 14.3 Å². The smallest absolute Gasteiger partial charge is 0.340 e. The lowest BCUT2D eigenvalue weighted by Gasteiger charge is -2.10. The van der Waals surface area contributed by atoms with Crippen molar-refractivity contribution in [3.05, 3.63) is 52.7 Å². The van der Waals surface area contributed by atoms with Crippen molar-refractivity contribution in [3.8, 4) is 0 Å². The SMILES string of the molecule is Cc1nc(C2CC2)nc(SCc2ccc(F)cc2)c1C(=O)O. The lowest BCUT2D eigenvalue weighted by molar-refractivity contribution is 0.0690. The number of thioether (sulfide) groups is 1. The van der Waals surface area contributed by atoms with E-state index in [0.29, 0.717) is 22.4 Å². The van der Waals surface area contributed by atoms with Crippen LogP contribution in [-0.4, -0.2) is 21.0 Å². The van der Waals surface area contributed by atoms with Gasteiger partial charge >= 0.3 is 5.97 Å². The van der Waals surface area contributed by atoms with Crippen LogP contribution in [0.15, 0.2) is 29.3 Å². The number of nitrogens with zero attached hydrogens (tertiary/aromatic N) is 2. The summed E-state index contributed by atoms with van der Waals surface area (Å²) < 4.78 is 12.9. The minimum Gasteiger partial charge on any atom is -0.478 e. The standard InChI is InChI=1S/C16H15FN2O2S/c1-9-13(16(20)21)15(19-14(18-9)11-4-5-11)22-8-10-2-6-12(17)7-3-10/h2-3,6-7,11H,4-5,8H2,1H3,(H,20,21). The third-order valence-electron chi connectivity index (χ3n) is 3.52. The van der Waals surface area contributed by atoms with Crippen molar-refractivity contribution in [2.45, 2.75) is 36.5 Å². The van der Waals surface area contributed by atoms with E-state index in [1.54, 1.807) is 19.1 Å². The Morgan fingerprint density at radius 2 is 2.00 bits per heavy atom. The van der Waals surface area contributed by atoms with Crippen LogP contribution >= 0.6 is 11.8 Å². The van der Waals surface area contributed by atoms with Crippen molar-refractivity contribution in [1.29, 1.82) is 0 Å². The molecule has 22 heavy (non-hydrogen) atoms. The third kappa shape index (κ3) is 3.27. The highest BCUT2D eigenvalue weighted by Gasteiger charge is 2.29. The van der Waals surface area contributed by atoms with E-state index in [9.17, 15) is 14.3 Å². The summed E-state index contributed by atoms with van der Waals surface area (Å²) in [5.74, 6) is 0.354. The number of hydrogen-bond acceptors (Lipinski definition) is 4. The average Bonchev–Trinajstić information content (AvgIpc) is 3.30. The largest absolute Gasteiger partial charge is 0.478 e. The zero-order valence-corrected chi connectivity index (χ0v) is 12.9. The minimum atomic E-state index is -1.01. The summed E-state index contributed by atoms with van der Waals surface area (Å²) in [6.07, 6.45) is 2.13. The number of aryl methyl sites for hydroxylation is 1. The van der Waals surface area contributed by atoms with Crippen LogP contribution in [0.3, 0.4) is 0 Å². The van der Waals surface area contributed by atoms with E-state index >= 15 is 0 Å². The fraction of sp³-hybridized carbons (Fsp3) is 0.312. The van der Waals surface area contributed by atoms with Crippen molar-refractivity contribution in [3.63, 3.8) is 0 Å². The van der Waals surface area contributed by atoms with Gasteiger partial charge in [-0.15, -0.1) is 11.8 Å². The number of carboxylic acid groups (broad SMARTS) is 1. The van der Waals surface area contributed by atoms with Gasteiger partial charge in [0.2, 0.25) is 0 Å². The van der Waals surface area contributed by atoms with Crippen LogP contribution in [0.2, 0.25) is 0 Å². The molecule has 0 amide bonds. The predicted octanol–water partition coefficient (Wildman–Crippen LogP) is 3.79. The summed E-state index contributed by atoms with van der Waals surface area (Å²) in [7, 11) is 0. The Morgan fingerprint density at radius 1 is 1.32 bits per heavy atom. The molecule has 1 saturated carbocycles. The lowest BCUT2D eigenvalue weighted by atomic mass is 10.2. The van der Waals surface area contributed by atoms with E-state index in [0.717, 1.165) is 24.2 Å². The molecule has 0 unspecified atom stereocenters. The van der Waals surface area contributed by atoms with Gasteiger partial charge in [-0.1, -0.05) is 12.1 Å². The molecule has 0 spiro atoms. The van der Waals surface area contributed by atoms with Crippen LogP contribution in [-0.2, 0) is 5.75 Å². The van der Waals surface area contributed by atoms with Gasteiger partial charge in [-0.3, -0.25) is 0 Å². The fourth-order valence-electron chi connectivity index (χ4n) is 2.17. The number of hydrogen-bond donors (Lipinski definition) is 1. The highest BCUT2D eigenvalue weighted by atomic mass is 32.2. The summed E-state index contributed by atoms with van der Waals surface area (Å²) in [4.78, 5) is 20.2. The molecule has 1 aliphatic rings. The van der Waals surface area contributed by atoms with E-state index in [1.165, 1.54) is 23.9 Å². The van der Waals surface area contributed by atoms with Crippen LogP contribution in [0.25, 0.3) is 0 Å². The van der Waals surface area contributed by atoms with E-state index in [1.807, 2.05) is 0 Å². The van der Waals surface area contributed by atoms with Gasteiger partial charge < -0.3 is 5.11 Å². The molecule has 0 atom stereocenters. The summed E-state index contributed by atoms with van der Waals surface area (Å²) in [5, 5.41) is 9.87. The first-order valence-electron chi connectivity index (χ1n) is 7.03. The molecule has 0 bridgehead atoms. The first-order chi connectivity index (χ1) is 10.5. The quantitative estimate of drug-likeness (QED) is 0.671. The molecule has 3 rings (SSSR count). The van der Waals surface area contributed by atoms with Gasteiger partial charge in [-0.25, -0.2) is 19.2 Å². The molecule has 114 valence electrons. The molecule has 1 aromatic heterocycles. The number of benzene rings is 1. The highest BCUT2D eigenvalue weighted by Crippen LogP contribution is 2.39. The lowest BCUT2D eigenvalue weighted by Crippen LogP contribution is -2.09. The van der Waals surface area contributed by atoms with Gasteiger partial charge in [0.15, 0.2) is 0 Å². The second kappa shape index (κ2) is 6.04. The fourth-order valence-corrected chi connectivity index (χ4v) is 3.21. The van der Waals surface area contributed by atoms with Crippen LogP contribution in [0.1, 0.15) is 46.2 Å². The van der Waals surface area contributed by atoms with Crippen molar-refractivity contribution >= 4 is 17.7 Å². The maximum absolute atomic E-state index is 12.9. The predicted molar refractivity (Wildman–Crippen MR) is 81.7 cm³/mol. The molecular weight excluding hydrogens is 303 g/mol. The van der Waals surface area contributed by atoms with Crippen LogP contribution in [0.5, 0.6) is 0 Å². The first kappa shape index (κ1) is 15.0. The number of carbonyl (C=O) groups is 1. The van der Waals surface area contributed by atoms with E-state index in [-0.39, 0.29) is 11.4 Å². The second-order valence-corrected chi connectivity index (χ2v) is 6.31. The van der Waals surface area contributed by atoms with Crippen LogP contribution in [0.4, 0.5) is 4.39 Å². The third-order valence-corrected chi connectivity index (χ3v) is 4.57. The van der Waals surface area contributed by atoms with Gasteiger partial charge in [0.1, 0.15) is 22.2 Å². The topological polar surface area (TPSA) is 63.1 Å². The number of carboxylic acids is 1. The monoisotopic (exact) mass is 318 g/mol. The normalized spacial score (nSPS) is 14.1. The second-order valence-electron chi connectivity index (χ2n) is 5.34. The Kier molecular flexibility index (Phi) is 4.11. The highest BCUT2D eigenvalue weighted by molar-refractivity contribution is 7.98. The number of rotatable bonds is 5. The van der Waals surface area contributed by atoms with E-state index in [4.69, 9.17) is 0 Å². The van der Waals surface area contributed by atoms with Crippen molar-refractivity contribution in [1.82, 2.24) is 9.97 Å². The minimum absolute atomic E-state index is 0.163. The van der Waals surface area contributed by atoms with Gasteiger partial charge in [0.25, 0.3) is 0 Å². The maximum Gasteiger partial charge on any atom is 0.340 e. The summed E-state index contributed by atoms with van der Waals surface area (Å²) in [6.45, 7) is 1.71. The Labute approximate surface area is 131 Å². The molecule has 1 fully saturated rings. The Bertz CT molecular complexity index is 715. The zero-order chi connectivity index (χ0) is 15.7. The maximum atomic E-state index is 12.9. The van der Waals surface area contributed by atoms with Crippen LogP contribution < -0.4 is 0 Å².